The molecule has 18 rings (SSSR count). The smallest absolute Gasteiger partial charge is 0.164 e. The first-order chi connectivity index (χ1) is 54.6. The van der Waals surface area contributed by atoms with E-state index < -0.39 is 0 Å². The third-order valence-electron chi connectivity index (χ3n) is 19.9. The molecule has 2 heterocycles. The van der Waals surface area contributed by atoms with Crippen molar-refractivity contribution in [1.29, 1.82) is 0 Å². The Kier molecular flexibility index (Phi) is 20.2. The molecule has 0 fully saturated rings. The van der Waals surface area contributed by atoms with Crippen LogP contribution in [0.15, 0.2) is 443 Å². The van der Waals surface area contributed by atoms with Crippen LogP contribution in [0.25, 0.3) is 135 Å². The van der Waals surface area contributed by atoms with E-state index in [1.165, 1.54) is 83.1 Å². The standard InChI is InChI=1S/C57H39N3.C48H34N2/c1-6-19-41(20-7-1)53(42-21-8-2-9-22-42)54(43-23-10-3-11-24-43)48-30-18-29-47(39-48)50-38-37-49(51-31-16-17-32-52(50)51)40-33-35-46(36-34-40)57-59-55(44-25-12-4-13-26-44)58-56(60-57)45-27-14-5-15-28-45;1-6-16-37(17-7-1)44-34-45(50-48(49-44)43-24-14-5-15-25-43)38-30-26-35(27-31-38)36-28-32-42(33-29-36)47(41-22-12-4-13-23-41)46(39-18-8-2-9-19-39)40-20-10-3-11-21-40/h1-39H;1-34H. The van der Waals surface area contributed by atoms with Gasteiger partial charge in [-0.05, 0) is 123 Å². The first-order valence-corrected chi connectivity index (χ1v) is 37.2. The molecule has 0 spiro atoms. The van der Waals surface area contributed by atoms with E-state index in [-0.39, 0.29) is 0 Å². The Labute approximate surface area is 642 Å². The second-order valence-corrected chi connectivity index (χ2v) is 26.9. The summed E-state index contributed by atoms with van der Waals surface area (Å²) in [5.74, 6) is 2.66. The summed E-state index contributed by atoms with van der Waals surface area (Å²) >= 11 is 0. The molecule has 0 radical (unpaired) electrons. The lowest BCUT2D eigenvalue weighted by molar-refractivity contribution is 1.07. The van der Waals surface area contributed by atoms with Crippen LogP contribution in [0.1, 0.15) is 44.5 Å². The fraction of sp³-hybridized carbons (Fsp3) is 0. The van der Waals surface area contributed by atoms with Gasteiger partial charge in [0.05, 0.1) is 11.4 Å². The summed E-state index contributed by atoms with van der Waals surface area (Å²) in [6.07, 6.45) is 0. The van der Waals surface area contributed by atoms with Gasteiger partial charge in [-0.1, -0.05) is 431 Å². The highest BCUT2D eigenvalue weighted by Gasteiger charge is 2.21. The van der Waals surface area contributed by atoms with E-state index in [2.05, 4.69) is 346 Å². The van der Waals surface area contributed by atoms with Gasteiger partial charge in [-0.3, -0.25) is 0 Å². The molecule has 5 nitrogen and oxygen atoms in total. The van der Waals surface area contributed by atoms with E-state index >= 15 is 0 Å². The third kappa shape index (κ3) is 15.1. The molecule has 518 valence electrons. The van der Waals surface area contributed by atoms with Crippen molar-refractivity contribution in [3.8, 4) is 101 Å². The Morgan fingerprint density at radius 3 is 0.727 bits per heavy atom. The van der Waals surface area contributed by atoms with E-state index in [1.807, 2.05) is 97.1 Å². The van der Waals surface area contributed by atoms with Gasteiger partial charge in [-0.25, -0.2) is 24.9 Å². The van der Waals surface area contributed by atoms with Crippen LogP contribution in [-0.2, 0) is 0 Å². The lowest BCUT2D eigenvalue weighted by Gasteiger charge is -2.19. The summed E-state index contributed by atoms with van der Waals surface area (Å²) in [6, 6.07) is 156. The maximum atomic E-state index is 5.01. The lowest BCUT2D eigenvalue weighted by Crippen LogP contribution is -2.00. The molecule has 0 atom stereocenters. The first-order valence-electron chi connectivity index (χ1n) is 37.2. The van der Waals surface area contributed by atoms with Crippen molar-refractivity contribution in [1.82, 2.24) is 24.9 Å². The zero-order valence-corrected chi connectivity index (χ0v) is 60.4. The zero-order chi connectivity index (χ0) is 73.6. The average Bonchev–Trinajstić information content (AvgIpc) is 0.768. The van der Waals surface area contributed by atoms with Crippen molar-refractivity contribution < 1.29 is 0 Å². The minimum absolute atomic E-state index is 0.640. The maximum Gasteiger partial charge on any atom is 0.164 e. The molecular formula is C105H73N5. The fourth-order valence-corrected chi connectivity index (χ4v) is 14.6. The number of nitrogens with zero attached hydrogens (tertiary/aromatic N) is 5. The summed E-state index contributed by atoms with van der Waals surface area (Å²) in [5.41, 5.74) is 28.9. The van der Waals surface area contributed by atoms with Crippen LogP contribution < -0.4 is 0 Å². The van der Waals surface area contributed by atoms with Crippen LogP contribution in [0.2, 0.25) is 0 Å². The van der Waals surface area contributed by atoms with Crippen LogP contribution in [0, 0.1) is 0 Å². The molecule has 0 saturated heterocycles. The van der Waals surface area contributed by atoms with Crippen molar-refractivity contribution in [2.75, 3.05) is 0 Å². The lowest BCUT2D eigenvalue weighted by atomic mass is 9.84. The zero-order valence-electron chi connectivity index (χ0n) is 60.4. The van der Waals surface area contributed by atoms with Crippen LogP contribution in [0.5, 0.6) is 0 Å². The normalized spacial score (nSPS) is 10.9. The molecule has 0 unspecified atom stereocenters. The van der Waals surface area contributed by atoms with Crippen molar-refractivity contribution in [3.63, 3.8) is 0 Å². The van der Waals surface area contributed by atoms with Crippen LogP contribution in [-0.4, -0.2) is 24.9 Å². The Balaban J connectivity index is 0.000000163. The summed E-state index contributed by atoms with van der Waals surface area (Å²) in [4.78, 5) is 24.7. The summed E-state index contributed by atoms with van der Waals surface area (Å²) in [7, 11) is 0. The van der Waals surface area contributed by atoms with Gasteiger partial charge in [-0.15, -0.1) is 0 Å². The van der Waals surface area contributed by atoms with E-state index in [0.717, 1.165) is 72.6 Å². The number of hydrogen-bond donors (Lipinski definition) is 0. The molecule has 0 amide bonds. The van der Waals surface area contributed by atoms with E-state index in [1.54, 1.807) is 0 Å². The Hall–Kier alpha value is -14.7. The second-order valence-electron chi connectivity index (χ2n) is 26.9. The summed E-state index contributed by atoms with van der Waals surface area (Å²) in [5, 5.41) is 2.39. The molecule has 0 saturated carbocycles. The Bertz CT molecular complexity index is 6010. The molecule has 0 bridgehead atoms. The van der Waals surface area contributed by atoms with Crippen LogP contribution in [0.4, 0.5) is 0 Å². The summed E-state index contributed by atoms with van der Waals surface area (Å²) in [6.45, 7) is 0. The Morgan fingerprint density at radius 2 is 0.364 bits per heavy atom. The number of rotatable bonds is 17. The van der Waals surface area contributed by atoms with Crippen molar-refractivity contribution >= 4 is 33.1 Å². The highest BCUT2D eigenvalue weighted by atomic mass is 15.0. The fourth-order valence-electron chi connectivity index (χ4n) is 14.6. The number of aromatic nitrogens is 5. The second kappa shape index (κ2) is 32.4. The van der Waals surface area contributed by atoms with Gasteiger partial charge in [0.25, 0.3) is 0 Å². The van der Waals surface area contributed by atoms with E-state index in [9.17, 15) is 0 Å². The van der Waals surface area contributed by atoms with Crippen molar-refractivity contribution in [2.45, 2.75) is 0 Å². The molecule has 2 aromatic heterocycles. The first kappa shape index (κ1) is 68.5. The molecule has 0 N–H and O–H groups in total. The van der Waals surface area contributed by atoms with Crippen molar-refractivity contribution in [2.24, 2.45) is 0 Å². The highest BCUT2D eigenvalue weighted by Crippen LogP contribution is 2.43. The monoisotopic (exact) mass is 1400 g/mol. The van der Waals surface area contributed by atoms with Gasteiger partial charge in [0, 0.05) is 33.4 Å². The van der Waals surface area contributed by atoms with E-state index in [0.29, 0.717) is 23.3 Å². The van der Waals surface area contributed by atoms with Crippen LogP contribution in [0.3, 0.4) is 0 Å². The minimum Gasteiger partial charge on any atom is -0.228 e. The molecule has 0 aliphatic rings. The molecular weight excluding hydrogens is 1330 g/mol. The third-order valence-corrected chi connectivity index (χ3v) is 19.9. The van der Waals surface area contributed by atoms with Crippen molar-refractivity contribution in [3.05, 3.63) is 487 Å². The average molecular weight is 1400 g/mol. The van der Waals surface area contributed by atoms with E-state index in [4.69, 9.17) is 24.9 Å². The topological polar surface area (TPSA) is 64.5 Å². The largest absolute Gasteiger partial charge is 0.228 e. The molecule has 5 heteroatoms. The summed E-state index contributed by atoms with van der Waals surface area (Å²) < 4.78 is 0. The molecule has 0 aliphatic heterocycles. The molecule has 16 aromatic carbocycles. The van der Waals surface area contributed by atoms with Gasteiger partial charge in [-0.2, -0.15) is 0 Å². The SMILES string of the molecule is c1ccc(C(=C(c2ccccc2)c2ccc(-c3ccc(-c4cc(-c5ccccc5)nc(-c5ccccc5)n4)cc3)cc2)c2ccccc2)cc1.c1ccc(C(=C(c2ccccc2)c2cccc(-c3ccc(-c4ccc(-c5nc(-c6ccccc6)nc(-c6ccccc6)n5)cc4)c4ccccc34)c2)c2ccccc2)cc1. The number of hydrogen-bond acceptors (Lipinski definition) is 5. The number of fused-ring (bicyclic) bond motifs is 1. The van der Waals surface area contributed by atoms with Gasteiger partial charge < -0.3 is 0 Å². The van der Waals surface area contributed by atoms with Gasteiger partial charge >= 0.3 is 0 Å². The predicted octanol–water partition coefficient (Wildman–Crippen LogP) is 26.5. The van der Waals surface area contributed by atoms with Gasteiger partial charge in [0.15, 0.2) is 23.3 Å². The van der Waals surface area contributed by atoms with Gasteiger partial charge in [0.1, 0.15) is 0 Å². The molecule has 18 aromatic rings. The molecule has 110 heavy (non-hydrogen) atoms. The van der Waals surface area contributed by atoms with Crippen LogP contribution >= 0.6 is 0 Å². The predicted molar refractivity (Wildman–Crippen MR) is 457 cm³/mol. The minimum atomic E-state index is 0.640. The highest BCUT2D eigenvalue weighted by molar-refractivity contribution is 6.08. The quantitative estimate of drug-likeness (QED) is 0.0850. The number of benzene rings is 16. The maximum absolute atomic E-state index is 5.01. The Morgan fingerprint density at radius 1 is 0.136 bits per heavy atom. The molecule has 0 aliphatic carbocycles. The van der Waals surface area contributed by atoms with Gasteiger partial charge in [0.2, 0.25) is 0 Å².